The molecule has 124 valence electrons. The molecule has 0 fully saturated rings. The van der Waals surface area contributed by atoms with Crippen LogP contribution in [0.3, 0.4) is 0 Å². The normalized spacial score (nSPS) is 11.0. The SMILES string of the molecule is CCn1c(C(=O)O)cc2c(Nc3ccc(F)c(Cl)c3)cc(C)cc21. The molecule has 3 rings (SSSR count). The van der Waals surface area contributed by atoms with Gasteiger partial charge in [0.2, 0.25) is 0 Å². The van der Waals surface area contributed by atoms with Gasteiger partial charge in [0.1, 0.15) is 11.5 Å². The van der Waals surface area contributed by atoms with Crippen molar-refractivity contribution >= 4 is 39.8 Å². The summed E-state index contributed by atoms with van der Waals surface area (Å²) >= 11 is 5.83. The summed E-state index contributed by atoms with van der Waals surface area (Å²) in [4.78, 5) is 11.5. The molecular formula is C18H16ClFN2O2. The molecule has 0 unspecified atom stereocenters. The van der Waals surface area contributed by atoms with E-state index in [4.69, 9.17) is 11.6 Å². The fraction of sp³-hybridized carbons (Fsp3) is 0.167. The molecule has 0 spiro atoms. The number of halogens is 2. The molecule has 0 bridgehead atoms. The quantitative estimate of drug-likeness (QED) is 0.682. The van der Waals surface area contributed by atoms with Gasteiger partial charge in [-0.05, 0) is 55.8 Å². The van der Waals surface area contributed by atoms with E-state index >= 15 is 0 Å². The van der Waals surface area contributed by atoms with Gasteiger partial charge >= 0.3 is 5.97 Å². The minimum absolute atomic E-state index is 0.0289. The van der Waals surface area contributed by atoms with Crippen LogP contribution in [-0.4, -0.2) is 15.6 Å². The zero-order valence-electron chi connectivity index (χ0n) is 13.2. The fourth-order valence-corrected chi connectivity index (χ4v) is 3.03. The molecule has 0 radical (unpaired) electrons. The van der Waals surface area contributed by atoms with Crippen LogP contribution in [0.1, 0.15) is 23.0 Å². The van der Waals surface area contributed by atoms with Crippen LogP contribution in [0.25, 0.3) is 10.9 Å². The molecule has 2 aromatic carbocycles. The average Bonchev–Trinajstić information content (AvgIpc) is 2.89. The summed E-state index contributed by atoms with van der Waals surface area (Å²) in [6.07, 6.45) is 0. The number of nitrogens with zero attached hydrogens (tertiary/aromatic N) is 1. The molecule has 0 aliphatic carbocycles. The van der Waals surface area contributed by atoms with Gasteiger partial charge in [-0.3, -0.25) is 0 Å². The number of hydrogen-bond donors (Lipinski definition) is 2. The van der Waals surface area contributed by atoms with E-state index in [1.165, 1.54) is 12.1 Å². The van der Waals surface area contributed by atoms with Gasteiger partial charge in [0.15, 0.2) is 0 Å². The Bertz CT molecular complexity index is 950. The van der Waals surface area contributed by atoms with Gasteiger partial charge in [-0.2, -0.15) is 0 Å². The predicted molar refractivity (Wildman–Crippen MR) is 94.0 cm³/mol. The second-order valence-electron chi connectivity index (χ2n) is 5.58. The topological polar surface area (TPSA) is 54.3 Å². The van der Waals surface area contributed by atoms with Gasteiger partial charge in [-0.15, -0.1) is 0 Å². The molecule has 4 nitrogen and oxygen atoms in total. The van der Waals surface area contributed by atoms with Crippen LogP contribution in [0.15, 0.2) is 36.4 Å². The van der Waals surface area contributed by atoms with Crippen molar-refractivity contribution in [2.45, 2.75) is 20.4 Å². The highest BCUT2D eigenvalue weighted by Crippen LogP contribution is 2.32. The third-order valence-electron chi connectivity index (χ3n) is 3.90. The number of anilines is 2. The van der Waals surface area contributed by atoms with Crippen molar-refractivity contribution in [1.82, 2.24) is 4.57 Å². The number of carboxylic acid groups (broad SMARTS) is 1. The van der Waals surface area contributed by atoms with E-state index in [9.17, 15) is 14.3 Å². The van der Waals surface area contributed by atoms with Crippen molar-refractivity contribution in [2.75, 3.05) is 5.32 Å². The number of rotatable bonds is 4. The lowest BCUT2D eigenvalue weighted by molar-refractivity contribution is 0.0686. The minimum atomic E-state index is -0.971. The van der Waals surface area contributed by atoms with Gasteiger partial charge in [0.05, 0.1) is 10.5 Å². The van der Waals surface area contributed by atoms with Gasteiger partial charge in [0, 0.05) is 23.3 Å². The Kier molecular flexibility index (Phi) is 4.20. The zero-order chi connectivity index (χ0) is 17.4. The average molecular weight is 347 g/mol. The second-order valence-corrected chi connectivity index (χ2v) is 5.99. The highest BCUT2D eigenvalue weighted by atomic mass is 35.5. The number of aryl methyl sites for hydroxylation is 2. The highest BCUT2D eigenvalue weighted by Gasteiger charge is 2.16. The number of carbonyl (C=O) groups is 1. The van der Waals surface area contributed by atoms with E-state index in [0.29, 0.717) is 12.2 Å². The lowest BCUT2D eigenvalue weighted by atomic mass is 10.1. The summed E-state index contributed by atoms with van der Waals surface area (Å²) in [5.41, 5.74) is 3.45. The van der Waals surface area contributed by atoms with E-state index in [1.54, 1.807) is 16.7 Å². The maximum atomic E-state index is 13.3. The summed E-state index contributed by atoms with van der Waals surface area (Å²) in [6, 6.07) is 9.90. The molecule has 1 aromatic heterocycles. The van der Waals surface area contributed by atoms with E-state index < -0.39 is 11.8 Å². The largest absolute Gasteiger partial charge is 0.477 e. The van der Waals surface area contributed by atoms with E-state index in [-0.39, 0.29) is 10.7 Å². The van der Waals surface area contributed by atoms with Crippen molar-refractivity contribution in [1.29, 1.82) is 0 Å². The van der Waals surface area contributed by atoms with Crippen molar-refractivity contribution in [3.63, 3.8) is 0 Å². The molecule has 0 atom stereocenters. The Balaban J connectivity index is 2.16. The number of aromatic carboxylic acids is 1. The molecule has 0 amide bonds. The number of fused-ring (bicyclic) bond motifs is 1. The predicted octanol–water partition coefficient (Wildman–Crippen LogP) is 5.20. The monoisotopic (exact) mass is 346 g/mol. The molecule has 2 N–H and O–H groups in total. The summed E-state index contributed by atoms with van der Waals surface area (Å²) < 4.78 is 15.1. The molecule has 0 aliphatic rings. The maximum Gasteiger partial charge on any atom is 0.352 e. The molecule has 0 saturated carbocycles. The number of benzene rings is 2. The molecule has 3 aromatic rings. The van der Waals surface area contributed by atoms with E-state index in [2.05, 4.69) is 5.32 Å². The lowest BCUT2D eigenvalue weighted by Gasteiger charge is -2.11. The fourth-order valence-electron chi connectivity index (χ4n) is 2.85. The lowest BCUT2D eigenvalue weighted by Crippen LogP contribution is -2.06. The number of aromatic nitrogens is 1. The standard InChI is InChI=1S/C18H16ClFN2O2/c1-3-22-16-7-10(2)6-15(12(16)9-17(22)18(23)24)21-11-4-5-14(20)13(19)8-11/h4-9,21H,3H2,1-2H3,(H,23,24). The number of hydrogen-bond acceptors (Lipinski definition) is 2. The van der Waals surface area contributed by atoms with Crippen LogP contribution >= 0.6 is 11.6 Å². The first kappa shape index (κ1) is 16.3. The van der Waals surface area contributed by atoms with Crippen molar-refractivity contribution < 1.29 is 14.3 Å². The minimum Gasteiger partial charge on any atom is -0.477 e. The van der Waals surface area contributed by atoms with Crippen molar-refractivity contribution in [3.8, 4) is 0 Å². The van der Waals surface area contributed by atoms with E-state index in [1.807, 2.05) is 26.0 Å². The van der Waals surface area contributed by atoms with Gasteiger partial charge in [-0.25, -0.2) is 9.18 Å². The molecule has 24 heavy (non-hydrogen) atoms. The van der Waals surface area contributed by atoms with Crippen molar-refractivity contribution in [3.05, 3.63) is 58.5 Å². The highest BCUT2D eigenvalue weighted by molar-refractivity contribution is 6.31. The summed E-state index contributed by atoms with van der Waals surface area (Å²) in [5, 5.41) is 13.4. The molecular weight excluding hydrogens is 331 g/mol. The third-order valence-corrected chi connectivity index (χ3v) is 4.19. The van der Waals surface area contributed by atoms with Crippen LogP contribution in [0.5, 0.6) is 0 Å². The molecule has 0 saturated heterocycles. The maximum absolute atomic E-state index is 13.3. The summed E-state index contributed by atoms with van der Waals surface area (Å²) in [7, 11) is 0. The molecule has 0 aliphatic heterocycles. The Morgan fingerprint density at radius 1 is 1.29 bits per heavy atom. The first-order chi connectivity index (χ1) is 11.4. The summed E-state index contributed by atoms with van der Waals surface area (Å²) in [5.74, 6) is -1.46. The Morgan fingerprint density at radius 2 is 2.04 bits per heavy atom. The first-order valence-electron chi connectivity index (χ1n) is 7.50. The van der Waals surface area contributed by atoms with Gasteiger partial charge in [0.25, 0.3) is 0 Å². The van der Waals surface area contributed by atoms with Crippen LogP contribution in [0, 0.1) is 12.7 Å². The van der Waals surface area contributed by atoms with Crippen LogP contribution in [-0.2, 0) is 6.54 Å². The van der Waals surface area contributed by atoms with Gasteiger partial charge < -0.3 is 15.0 Å². The molecule has 1 heterocycles. The van der Waals surface area contributed by atoms with Crippen LogP contribution < -0.4 is 5.32 Å². The zero-order valence-corrected chi connectivity index (χ0v) is 14.0. The number of carboxylic acids is 1. The Labute approximate surface area is 143 Å². The molecule has 6 heteroatoms. The first-order valence-corrected chi connectivity index (χ1v) is 7.87. The van der Waals surface area contributed by atoms with Crippen molar-refractivity contribution in [2.24, 2.45) is 0 Å². The summed E-state index contributed by atoms with van der Waals surface area (Å²) in [6.45, 7) is 4.40. The van der Waals surface area contributed by atoms with E-state index in [0.717, 1.165) is 22.2 Å². The third kappa shape index (κ3) is 2.83. The smallest absolute Gasteiger partial charge is 0.352 e. The van der Waals surface area contributed by atoms with Gasteiger partial charge in [-0.1, -0.05) is 11.6 Å². The number of nitrogens with one attached hydrogen (secondary N) is 1. The van der Waals surface area contributed by atoms with Crippen LogP contribution in [0.4, 0.5) is 15.8 Å². The second kappa shape index (κ2) is 6.17. The van der Waals surface area contributed by atoms with Crippen LogP contribution in [0.2, 0.25) is 5.02 Å². The Hall–Kier alpha value is -2.53. The Morgan fingerprint density at radius 3 is 2.67 bits per heavy atom.